The third-order valence-corrected chi connectivity index (χ3v) is 4.17. The Hall–Kier alpha value is -1.35. The lowest BCUT2D eigenvalue weighted by molar-refractivity contribution is 0.0689. The van der Waals surface area contributed by atoms with E-state index in [0.717, 1.165) is 43.6 Å². The Kier molecular flexibility index (Phi) is 5.04. The summed E-state index contributed by atoms with van der Waals surface area (Å²) in [7, 11) is 0. The number of nitrogens with one attached hydrogen (secondary N) is 1. The maximum atomic E-state index is 13.1. The number of carbonyl (C=O) groups is 1. The van der Waals surface area contributed by atoms with Crippen molar-refractivity contribution in [3.8, 4) is 0 Å². The number of rotatable bonds is 4. The van der Waals surface area contributed by atoms with Crippen molar-refractivity contribution in [3.63, 3.8) is 0 Å². The molecule has 1 aliphatic heterocycles. The topological polar surface area (TPSA) is 32.3 Å². The Morgan fingerprint density at radius 1 is 1.33 bits per heavy atom. The average Bonchev–Trinajstić information content (AvgIpc) is 2.97. The molecule has 0 bridgehead atoms. The van der Waals surface area contributed by atoms with Gasteiger partial charge in [0.1, 0.15) is 0 Å². The zero-order valence-corrected chi connectivity index (χ0v) is 13.8. The Bertz CT molecular complexity index is 484. The van der Waals surface area contributed by atoms with E-state index >= 15 is 0 Å². The lowest BCUT2D eigenvalue weighted by Gasteiger charge is -2.31. The molecular formula is C18H28N2O. The first-order valence-electron chi connectivity index (χ1n) is 8.06. The lowest BCUT2D eigenvalue weighted by atomic mass is 9.83. The fourth-order valence-corrected chi connectivity index (χ4v) is 3.07. The first kappa shape index (κ1) is 16.0. The van der Waals surface area contributed by atoms with Crippen molar-refractivity contribution in [2.24, 2.45) is 0 Å². The van der Waals surface area contributed by atoms with E-state index in [2.05, 4.69) is 44.0 Å². The highest BCUT2D eigenvalue weighted by Crippen LogP contribution is 2.27. The van der Waals surface area contributed by atoms with Crippen LogP contribution in [0, 0.1) is 0 Å². The summed E-state index contributed by atoms with van der Waals surface area (Å²) in [5, 5.41) is 3.37. The summed E-state index contributed by atoms with van der Waals surface area (Å²) in [6.07, 6.45) is 2.06. The highest BCUT2D eigenvalue weighted by molar-refractivity contribution is 5.96. The summed E-state index contributed by atoms with van der Waals surface area (Å²) in [4.78, 5) is 15.2. The molecule has 1 aliphatic rings. The molecule has 1 atom stereocenters. The normalized spacial score (nSPS) is 18.8. The predicted octanol–water partition coefficient (Wildman–Crippen LogP) is 3.20. The molecule has 1 amide bonds. The van der Waals surface area contributed by atoms with Crippen LogP contribution in [0.15, 0.2) is 24.3 Å². The highest BCUT2D eigenvalue weighted by atomic mass is 16.2. The molecule has 1 saturated heterocycles. The summed E-state index contributed by atoms with van der Waals surface area (Å²) in [5.74, 6) is 0.191. The molecule has 116 valence electrons. The van der Waals surface area contributed by atoms with Gasteiger partial charge in [0.05, 0.1) is 0 Å². The van der Waals surface area contributed by atoms with Gasteiger partial charge in [0.25, 0.3) is 5.91 Å². The predicted molar refractivity (Wildman–Crippen MR) is 87.7 cm³/mol. The van der Waals surface area contributed by atoms with Crippen LogP contribution in [0.2, 0.25) is 0 Å². The van der Waals surface area contributed by atoms with Gasteiger partial charge in [0.2, 0.25) is 0 Å². The van der Waals surface area contributed by atoms with Crippen LogP contribution < -0.4 is 5.32 Å². The molecule has 0 spiro atoms. The molecular weight excluding hydrogens is 260 g/mol. The highest BCUT2D eigenvalue weighted by Gasteiger charge is 2.29. The maximum Gasteiger partial charge on any atom is 0.254 e. The zero-order valence-electron chi connectivity index (χ0n) is 13.8. The summed E-state index contributed by atoms with van der Waals surface area (Å²) >= 11 is 0. The molecule has 3 nitrogen and oxygen atoms in total. The van der Waals surface area contributed by atoms with Crippen LogP contribution in [0.25, 0.3) is 0 Å². The van der Waals surface area contributed by atoms with Crippen molar-refractivity contribution >= 4 is 5.91 Å². The second kappa shape index (κ2) is 6.61. The molecule has 0 aliphatic carbocycles. The van der Waals surface area contributed by atoms with Crippen LogP contribution in [0.3, 0.4) is 0 Å². The van der Waals surface area contributed by atoms with E-state index in [0.29, 0.717) is 6.04 Å². The maximum absolute atomic E-state index is 13.1. The van der Waals surface area contributed by atoms with E-state index in [1.165, 1.54) is 0 Å². The molecule has 1 heterocycles. The lowest BCUT2D eigenvalue weighted by Crippen LogP contribution is -2.42. The number of amides is 1. The van der Waals surface area contributed by atoms with Gasteiger partial charge in [-0.25, -0.2) is 0 Å². The van der Waals surface area contributed by atoms with Crippen molar-refractivity contribution in [2.45, 2.75) is 52.0 Å². The van der Waals surface area contributed by atoms with E-state index in [1.54, 1.807) is 0 Å². The molecule has 3 heteroatoms. The van der Waals surface area contributed by atoms with E-state index in [-0.39, 0.29) is 11.3 Å². The van der Waals surface area contributed by atoms with Gasteiger partial charge >= 0.3 is 0 Å². The molecule has 0 radical (unpaired) electrons. The zero-order chi connectivity index (χ0) is 15.5. The number of carbonyl (C=O) groups excluding carboxylic acids is 1. The van der Waals surface area contributed by atoms with Crippen molar-refractivity contribution in [1.82, 2.24) is 10.2 Å². The van der Waals surface area contributed by atoms with Gasteiger partial charge in [-0.1, -0.05) is 45.9 Å². The largest absolute Gasteiger partial charge is 0.334 e. The summed E-state index contributed by atoms with van der Waals surface area (Å²) in [6.45, 7) is 11.4. The van der Waals surface area contributed by atoms with E-state index in [9.17, 15) is 4.79 Å². The van der Waals surface area contributed by atoms with Crippen molar-refractivity contribution in [3.05, 3.63) is 35.4 Å². The minimum absolute atomic E-state index is 0.0158. The molecule has 21 heavy (non-hydrogen) atoms. The third-order valence-electron chi connectivity index (χ3n) is 4.17. The molecule has 2 rings (SSSR count). The fraction of sp³-hybridized carbons (Fsp3) is 0.611. The monoisotopic (exact) mass is 288 g/mol. The van der Waals surface area contributed by atoms with Gasteiger partial charge in [0.15, 0.2) is 0 Å². The van der Waals surface area contributed by atoms with Gasteiger partial charge in [-0.05, 0) is 36.4 Å². The summed E-state index contributed by atoms with van der Waals surface area (Å²) < 4.78 is 0. The molecule has 1 aromatic rings. The molecule has 1 aromatic carbocycles. The van der Waals surface area contributed by atoms with E-state index in [1.807, 2.05) is 18.2 Å². The van der Waals surface area contributed by atoms with Crippen molar-refractivity contribution in [1.29, 1.82) is 0 Å². The first-order chi connectivity index (χ1) is 9.95. The van der Waals surface area contributed by atoms with Crippen molar-refractivity contribution < 1.29 is 4.79 Å². The molecule has 1 N–H and O–H groups in total. The Morgan fingerprint density at radius 3 is 2.62 bits per heavy atom. The number of hydrogen-bond donors (Lipinski definition) is 1. The first-order valence-corrected chi connectivity index (χ1v) is 8.06. The summed E-state index contributed by atoms with van der Waals surface area (Å²) in [5.41, 5.74) is 1.99. The Balaban J connectivity index is 2.32. The number of hydrogen-bond acceptors (Lipinski definition) is 2. The SMILES string of the molecule is CCCN(C(=O)c1ccccc1C(C)(C)C)C1CCNC1. The Labute approximate surface area is 128 Å². The van der Waals surface area contributed by atoms with Crippen LogP contribution in [-0.4, -0.2) is 36.5 Å². The molecule has 1 unspecified atom stereocenters. The van der Waals surface area contributed by atoms with E-state index in [4.69, 9.17) is 0 Å². The minimum Gasteiger partial charge on any atom is -0.334 e. The van der Waals surface area contributed by atoms with Gasteiger partial charge < -0.3 is 10.2 Å². The van der Waals surface area contributed by atoms with Gasteiger partial charge in [-0.15, -0.1) is 0 Å². The van der Waals surface area contributed by atoms with Gasteiger partial charge in [-0.2, -0.15) is 0 Å². The number of nitrogens with zero attached hydrogens (tertiary/aromatic N) is 1. The second-order valence-electron chi connectivity index (χ2n) is 6.94. The van der Waals surface area contributed by atoms with Crippen LogP contribution in [0.1, 0.15) is 56.5 Å². The molecule has 0 saturated carbocycles. The third kappa shape index (κ3) is 3.65. The fourth-order valence-electron chi connectivity index (χ4n) is 3.07. The second-order valence-corrected chi connectivity index (χ2v) is 6.94. The molecule has 0 aromatic heterocycles. The van der Waals surface area contributed by atoms with Gasteiger partial charge in [0, 0.05) is 24.7 Å². The van der Waals surface area contributed by atoms with Crippen molar-refractivity contribution in [2.75, 3.05) is 19.6 Å². The van der Waals surface area contributed by atoms with Crippen LogP contribution >= 0.6 is 0 Å². The van der Waals surface area contributed by atoms with Gasteiger partial charge in [-0.3, -0.25) is 4.79 Å². The standard InChI is InChI=1S/C18H28N2O/c1-5-12-20(14-10-11-19-13-14)17(21)15-8-6-7-9-16(15)18(2,3)4/h6-9,14,19H,5,10-13H2,1-4H3. The van der Waals surface area contributed by atoms with Crippen LogP contribution in [0.5, 0.6) is 0 Å². The Morgan fingerprint density at radius 2 is 2.05 bits per heavy atom. The summed E-state index contributed by atoms with van der Waals surface area (Å²) in [6, 6.07) is 8.40. The minimum atomic E-state index is -0.0158. The molecule has 1 fully saturated rings. The average molecular weight is 288 g/mol. The van der Waals surface area contributed by atoms with E-state index < -0.39 is 0 Å². The smallest absolute Gasteiger partial charge is 0.254 e. The van der Waals surface area contributed by atoms with Crippen LogP contribution in [-0.2, 0) is 5.41 Å². The van der Waals surface area contributed by atoms with Crippen LogP contribution in [0.4, 0.5) is 0 Å². The quantitative estimate of drug-likeness (QED) is 0.923. The number of benzene rings is 1.